The van der Waals surface area contributed by atoms with Gasteiger partial charge in [-0.2, -0.15) is 0 Å². The Morgan fingerprint density at radius 1 is 0.844 bits per heavy atom. The predicted octanol–water partition coefficient (Wildman–Crippen LogP) is 5.66. The van der Waals surface area contributed by atoms with Crippen molar-refractivity contribution in [1.29, 1.82) is 0 Å². The zero-order valence-corrected chi connectivity index (χ0v) is 19.3. The Labute approximate surface area is 195 Å². The molecule has 1 aliphatic heterocycles. The highest BCUT2D eigenvalue weighted by molar-refractivity contribution is 6.30. The van der Waals surface area contributed by atoms with Gasteiger partial charge >= 0.3 is 0 Å². The van der Waals surface area contributed by atoms with E-state index >= 15 is 0 Å². The molecule has 0 bridgehead atoms. The van der Waals surface area contributed by atoms with Gasteiger partial charge in [-0.3, -0.25) is 4.98 Å². The van der Waals surface area contributed by atoms with Gasteiger partial charge in [0.2, 0.25) is 0 Å². The Bertz CT molecular complexity index is 1210. The molecule has 2 aromatic carbocycles. The number of hydrogen-bond acceptors (Lipinski definition) is 3. The van der Waals surface area contributed by atoms with Crippen molar-refractivity contribution < 1.29 is 0 Å². The number of nitrogens with zero attached hydrogens (tertiary/aromatic N) is 4. The molecule has 0 atom stereocenters. The molecule has 2 aromatic heterocycles. The standard InChI is InChI=1S/C27H29ClN4/c1-30-12-14-31(15-13-30)10-5-11-32-20-26(25-8-2-3-9-27(25)32)23-16-22(18-29-19-23)21-6-4-7-24(28)17-21/h2-4,6-9,16-20H,5,10-15H2,1H3. The van der Waals surface area contributed by atoms with Crippen molar-refractivity contribution in [3.63, 3.8) is 0 Å². The predicted molar refractivity (Wildman–Crippen MR) is 134 cm³/mol. The molecule has 5 heteroatoms. The van der Waals surface area contributed by atoms with Gasteiger partial charge in [0.15, 0.2) is 0 Å². The maximum Gasteiger partial charge on any atom is 0.0486 e. The second-order valence-corrected chi connectivity index (χ2v) is 9.16. The first kappa shape index (κ1) is 21.2. The average molecular weight is 445 g/mol. The van der Waals surface area contributed by atoms with Gasteiger partial charge in [-0.05, 0) is 49.8 Å². The van der Waals surface area contributed by atoms with Gasteiger partial charge in [-0.25, -0.2) is 0 Å². The van der Waals surface area contributed by atoms with Crippen LogP contribution in [0.1, 0.15) is 6.42 Å². The SMILES string of the molecule is CN1CCN(CCCn2cc(-c3cncc(-c4cccc(Cl)c4)c3)c3ccccc32)CC1. The molecule has 0 unspecified atom stereocenters. The summed E-state index contributed by atoms with van der Waals surface area (Å²) >= 11 is 6.22. The number of aryl methyl sites for hydroxylation is 1. The van der Waals surface area contributed by atoms with Crippen molar-refractivity contribution in [3.8, 4) is 22.3 Å². The Morgan fingerprint density at radius 2 is 1.66 bits per heavy atom. The van der Waals surface area contributed by atoms with E-state index in [9.17, 15) is 0 Å². The molecule has 0 spiro atoms. The smallest absolute Gasteiger partial charge is 0.0486 e. The second-order valence-electron chi connectivity index (χ2n) is 8.72. The van der Waals surface area contributed by atoms with Crippen LogP contribution in [0.25, 0.3) is 33.2 Å². The summed E-state index contributed by atoms with van der Waals surface area (Å²) in [6.45, 7) is 6.88. The Kier molecular flexibility index (Phi) is 6.26. The molecule has 0 aliphatic carbocycles. The highest BCUT2D eigenvalue weighted by Gasteiger charge is 2.14. The van der Waals surface area contributed by atoms with Crippen LogP contribution in [0.5, 0.6) is 0 Å². The number of likely N-dealkylation sites (N-methyl/N-ethyl adjacent to an activating group) is 1. The highest BCUT2D eigenvalue weighted by atomic mass is 35.5. The molecule has 4 aromatic rings. The Hall–Kier alpha value is -2.66. The summed E-state index contributed by atoms with van der Waals surface area (Å²) in [5.74, 6) is 0. The van der Waals surface area contributed by atoms with Crippen LogP contribution < -0.4 is 0 Å². The van der Waals surface area contributed by atoms with Gasteiger partial charge in [0.05, 0.1) is 0 Å². The first-order chi connectivity index (χ1) is 15.7. The number of hydrogen-bond donors (Lipinski definition) is 0. The quantitative estimate of drug-likeness (QED) is 0.383. The molecule has 0 amide bonds. The van der Waals surface area contributed by atoms with Crippen LogP contribution in [0.4, 0.5) is 0 Å². The number of fused-ring (bicyclic) bond motifs is 1. The lowest BCUT2D eigenvalue weighted by Crippen LogP contribution is -2.44. The normalized spacial score (nSPS) is 15.4. The second kappa shape index (κ2) is 9.45. The van der Waals surface area contributed by atoms with E-state index in [4.69, 9.17) is 11.6 Å². The molecule has 1 fully saturated rings. The number of pyridine rings is 1. The summed E-state index contributed by atoms with van der Waals surface area (Å²) in [5.41, 5.74) is 5.82. The lowest BCUT2D eigenvalue weighted by Gasteiger charge is -2.32. The fourth-order valence-electron chi connectivity index (χ4n) is 4.61. The van der Waals surface area contributed by atoms with E-state index in [0.29, 0.717) is 0 Å². The van der Waals surface area contributed by atoms with E-state index in [1.807, 2.05) is 30.6 Å². The monoisotopic (exact) mass is 444 g/mol. The summed E-state index contributed by atoms with van der Waals surface area (Å²) in [6.07, 6.45) is 7.32. The largest absolute Gasteiger partial charge is 0.347 e. The Morgan fingerprint density at radius 3 is 2.50 bits per heavy atom. The molecular formula is C27H29ClN4. The molecule has 164 valence electrons. The van der Waals surface area contributed by atoms with Crippen molar-refractivity contribution in [3.05, 3.63) is 78.2 Å². The van der Waals surface area contributed by atoms with Gasteiger partial charge in [0.25, 0.3) is 0 Å². The first-order valence-electron chi connectivity index (χ1n) is 11.4. The zero-order chi connectivity index (χ0) is 21.9. The minimum absolute atomic E-state index is 0.741. The number of rotatable bonds is 6. The van der Waals surface area contributed by atoms with E-state index in [2.05, 4.69) is 69.0 Å². The molecule has 4 nitrogen and oxygen atoms in total. The third-order valence-electron chi connectivity index (χ3n) is 6.47. The van der Waals surface area contributed by atoms with E-state index in [-0.39, 0.29) is 0 Å². The zero-order valence-electron chi connectivity index (χ0n) is 18.5. The summed E-state index contributed by atoms with van der Waals surface area (Å²) in [6, 6.07) is 18.9. The van der Waals surface area contributed by atoms with E-state index in [0.717, 1.165) is 41.2 Å². The van der Waals surface area contributed by atoms with Gasteiger partial charge in [-0.15, -0.1) is 0 Å². The fourth-order valence-corrected chi connectivity index (χ4v) is 4.80. The number of piperazine rings is 1. The highest BCUT2D eigenvalue weighted by Crippen LogP contribution is 2.33. The van der Waals surface area contributed by atoms with E-state index in [1.165, 1.54) is 42.6 Å². The van der Waals surface area contributed by atoms with Gasteiger partial charge in [0.1, 0.15) is 0 Å². The van der Waals surface area contributed by atoms with Gasteiger partial charge in [0, 0.05) is 83.9 Å². The van der Waals surface area contributed by atoms with Crippen LogP contribution in [-0.4, -0.2) is 59.1 Å². The molecule has 0 radical (unpaired) electrons. The summed E-state index contributed by atoms with van der Waals surface area (Å²) in [7, 11) is 2.21. The third kappa shape index (κ3) is 4.58. The van der Waals surface area contributed by atoms with Crippen molar-refractivity contribution >= 4 is 22.5 Å². The van der Waals surface area contributed by atoms with Crippen LogP contribution in [-0.2, 0) is 6.54 Å². The minimum atomic E-state index is 0.741. The van der Waals surface area contributed by atoms with Crippen LogP contribution in [0, 0.1) is 0 Å². The van der Waals surface area contributed by atoms with Crippen LogP contribution >= 0.6 is 11.6 Å². The lowest BCUT2D eigenvalue weighted by molar-refractivity contribution is 0.151. The average Bonchev–Trinajstić information content (AvgIpc) is 3.19. The first-order valence-corrected chi connectivity index (χ1v) is 11.8. The Balaban J connectivity index is 1.40. The van der Waals surface area contributed by atoms with Crippen molar-refractivity contribution in [2.24, 2.45) is 0 Å². The third-order valence-corrected chi connectivity index (χ3v) is 6.70. The number of benzene rings is 2. The number of aromatic nitrogens is 2. The molecular weight excluding hydrogens is 416 g/mol. The fraction of sp³-hybridized carbons (Fsp3) is 0.296. The topological polar surface area (TPSA) is 24.3 Å². The molecule has 0 saturated carbocycles. The number of halogens is 1. The molecule has 3 heterocycles. The lowest BCUT2D eigenvalue weighted by atomic mass is 10.0. The molecule has 1 saturated heterocycles. The van der Waals surface area contributed by atoms with Crippen molar-refractivity contribution in [2.75, 3.05) is 39.8 Å². The minimum Gasteiger partial charge on any atom is -0.347 e. The summed E-state index contributed by atoms with van der Waals surface area (Å²) in [4.78, 5) is 9.55. The molecule has 5 rings (SSSR count). The maximum atomic E-state index is 6.22. The van der Waals surface area contributed by atoms with Crippen LogP contribution in [0.2, 0.25) is 5.02 Å². The summed E-state index contributed by atoms with van der Waals surface area (Å²) < 4.78 is 2.41. The maximum absolute atomic E-state index is 6.22. The molecule has 0 N–H and O–H groups in total. The van der Waals surface area contributed by atoms with Gasteiger partial charge < -0.3 is 14.4 Å². The van der Waals surface area contributed by atoms with Crippen LogP contribution in [0.15, 0.2) is 73.2 Å². The van der Waals surface area contributed by atoms with E-state index in [1.54, 1.807) is 0 Å². The van der Waals surface area contributed by atoms with Gasteiger partial charge in [-0.1, -0.05) is 41.9 Å². The molecule has 1 aliphatic rings. The number of para-hydroxylation sites is 1. The van der Waals surface area contributed by atoms with Crippen molar-refractivity contribution in [2.45, 2.75) is 13.0 Å². The van der Waals surface area contributed by atoms with E-state index < -0.39 is 0 Å². The summed E-state index contributed by atoms with van der Waals surface area (Å²) in [5, 5.41) is 2.02. The molecule has 32 heavy (non-hydrogen) atoms. The van der Waals surface area contributed by atoms with Crippen molar-refractivity contribution in [1.82, 2.24) is 19.4 Å². The van der Waals surface area contributed by atoms with Crippen LogP contribution in [0.3, 0.4) is 0 Å².